The van der Waals surface area contributed by atoms with Crippen LogP contribution in [0.2, 0.25) is 0 Å². The van der Waals surface area contributed by atoms with E-state index in [2.05, 4.69) is 36.3 Å². The molecule has 0 aromatic rings. The Hall–Kier alpha value is 0.730. The fourth-order valence-corrected chi connectivity index (χ4v) is 3.92. The summed E-state index contributed by atoms with van der Waals surface area (Å²) in [5.41, 5.74) is 0. The molecule has 126 valence electrons. The summed E-state index contributed by atoms with van der Waals surface area (Å²) in [5, 5.41) is 0. The molecule has 0 spiro atoms. The number of rotatable bonds is 5. The highest BCUT2D eigenvalue weighted by atomic mass is 32.2. The van der Waals surface area contributed by atoms with Crippen molar-refractivity contribution in [1.29, 1.82) is 0 Å². The number of nitrogens with zero attached hydrogens (tertiary/aromatic N) is 2. The summed E-state index contributed by atoms with van der Waals surface area (Å²) in [7, 11) is 0. The van der Waals surface area contributed by atoms with Crippen LogP contribution in [0.5, 0.6) is 0 Å². The summed E-state index contributed by atoms with van der Waals surface area (Å²) in [4.78, 5) is 4.73. The van der Waals surface area contributed by atoms with Gasteiger partial charge in [-0.15, -0.1) is 0 Å². The summed E-state index contributed by atoms with van der Waals surface area (Å²) in [6, 6.07) is 0. The van der Waals surface area contributed by atoms with Gasteiger partial charge in [0.1, 0.15) is 0 Å². The number of hydrogen-bond donors (Lipinski definition) is 1. The molecule has 1 unspecified atom stereocenters. The highest BCUT2D eigenvalue weighted by Crippen LogP contribution is 2.17. The van der Waals surface area contributed by atoms with E-state index in [9.17, 15) is 8.76 Å². The Bertz CT molecular complexity index is 346. The lowest BCUT2D eigenvalue weighted by atomic mass is 10.1. The molecule has 0 amide bonds. The lowest BCUT2D eigenvalue weighted by Gasteiger charge is -2.35. The topological polar surface area (TPSA) is 46.6 Å². The first-order valence-corrected chi connectivity index (χ1v) is 10.1. The molecule has 1 heterocycles. The second-order valence-corrected chi connectivity index (χ2v) is 11.0. The molecule has 21 heavy (non-hydrogen) atoms. The Morgan fingerprint density at radius 2 is 1.52 bits per heavy atom. The fraction of sp³-hybridized carbons (Fsp3) is 1.00. The molecule has 0 saturated carbocycles. The van der Waals surface area contributed by atoms with Crippen molar-refractivity contribution in [1.82, 2.24) is 9.80 Å². The van der Waals surface area contributed by atoms with Gasteiger partial charge in [-0.1, -0.05) is 0 Å². The van der Waals surface area contributed by atoms with Crippen molar-refractivity contribution in [3.05, 3.63) is 0 Å². The largest absolute Gasteiger partial charge is 0.772 e. The SMILES string of the molecule is CC(C)(S)CN1CCSCCN(CC(C)(C)S(=O)[O-])CC1. The second-order valence-electron chi connectivity index (χ2n) is 6.97. The van der Waals surface area contributed by atoms with Crippen LogP contribution < -0.4 is 0 Å². The van der Waals surface area contributed by atoms with E-state index in [4.69, 9.17) is 0 Å². The van der Waals surface area contributed by atoms with Crippen LogP contribution in [-0.4, -0.2) is 78.8 Å². The first-order valence-electron chi connectivity index (χ1n) is 7.44. The summed E-state index contributed by atoms with van der Waals surface area (Å²) >= 11 is 4.54. The number of thioether (sulfide) groups is 1. The molecule has 0 N–H and O–H groups in total. The zero-order valence-corrected chi connectivity index (χ0v) is 16.2. The van der Waals surface area contributed by atoms with Gasteiger partial charge in [0.05, 0.1) is 0 Å². The minimum Gasteiger partial charge on any atom is -0.772 e. The molecular weight excluding hydrogens is 324 g/mol. The molecular formula is C14H29N2O2S3-. The second kappa shape index (κ2) is 8.55. The minimum absolute atomic E-state index is 0.000658. The third kappa shape index (κ3) is 8.23. The van der Waals surface area contributed by atoms with Crippen LogP contribution >= 0.6 is 24.4 Å². The molecule has 1 aliphatic rings. The molecule has 0 aliphatic carbocycles. The molecule has 1 atom stereocenters. The van der Waals surface area contributed by atoms with E-state index in [0.29, 0.717) is 6.54 Å². The maximum absolute atomic E-state index is 11.3. The van der Waals surface area contributed by atoms with E-state index in [1.54, 1.807) is 13.8 Å². The van der Waals surface area contributed by atoms with Crippen LogP contribution in [0.25, 0.3) is 0 Å². The predicted molar refractivity (Wildman–Crippen MR) is 96.3 cm³/mol. The van der Waals surface area contributed by atoms with Gasteiger partial charge < -0.3 is 4.55 Å². The molecule has 1 fully saturated rings. The van der Waals surface area contributed by atoms with E-state index in [1.807, 2.05) is 11.8 Å². The minimum atomic E-state index is -2.04. The van der Waals surface area contributed by atoms with Crippen molar-refractivity contribution in [2.45, 2.75) is 37.2 Å². The summed E-state index contributed by atoms with van der Waals surface area (Å²) in [6.45, 7) is 13.4. The van der Waals surface area contributed by atoms with Gasteiger partial charge >= 0.3 is 0 Å². The lowest BCUT2D eigenvalue weighted by molar-refractivity contribution is 0.201. The van der Waals surface area contributed by atoms with Gasteiger partial charge in [0.15, 0.2) is 0 Å². The zero-order chi connectivity index (χ0) is 16.1. The van der Waals surface area contributed by atoms with Crippen LogP contribution in [-0.2, 0) is 11.1 Å². The Balaban J connectivity index is 2.61. The first-order chi connectivity index (χ1) is 9.60. The average molecular weight is 354 g/mol. The van der Waals surface area contributed by atoms with Gasteiger partial charge in [0.25, 0.3) is 0 Å². The van der Waals surface area contributed by atoms with E-state index >= 15 is 0 Å². The molecule has 0 aromatic carbocycles. The lowest BCUT2D eigenvalue weighted by Crippen LogP contribution is -2.46. The van der Waals surface area contributed by atoms with E-state index in [-0.39, 0.29) is 4.75 Å². The third-order valence-corrected chi connectivity index (χ3v) is 5.62. The van der Waals surface area contributed by atoms with Crippen LogP contribution in [0.3, 0.4) is 0 Å². The maximum atomic E-state index is 11.3. The molecule has 4 nitrogen and oxygen atoms in total. The molecule has 0 bridgehead atoms. The van der Waals surface area contributed by atoms with Crippen molar-refractivity contribution >= 4 is 35.5 Å². The smallest absolute Gasteiger partial charge is 0.0398 e. The quantitative estimate of drug-likeness (QED) is 0.602. The van der Waals surface area contributed by atoms with Crippen LogP contribution in [0.1, 0.15) is 27.7 Å². The van der Waals surface area contributed by atoms with E-state index in [1.165, 1.54) is 0 Å². The zero-order valence-electron chi connectivity index (χ0n) is 13.6. The number of thiol groups is 1. The van der Waals surface area contributed by atoms with Gasteiger partial charge in [-0.3, -0.25) is 14.0 Å². The number of hydrogen-bond acceptors (Lipinski definition) is 6. The molecule has 7 heteroatoms. The van der Waals surface area contributed by atoms with Crippen molar-refractivity contribution < 1.29 is 8.76 Å². The summed E-state index contributed by atoms with van der Waals surface area (Å²) < 4.78 is 21.9. The maximum Gasteiger partial charge on any atom is 0.0398 e. The van der Waals surface area contributed by atoms with Crippen LogP contribution in [0.15, 0.2) is 0 Å². The normalized spacial score (nSPS) is 22.4. The average Bonchev–Trinajstić information content (AvgIpc) is 2.40. The fourth-order valence-electron chi connectivity index (χ4n) is 2.45. The highest BCUT2D eigenvalue weighted by molar-refractivity contribution is 7.99. The van der Waals surface area contributed by atoms with Crippen molar-refractivity contribution in [3.63, 3.8) is 0 Å². The Labute approximate surface area is 142 Å². The van der Waals surface area contributed by atoms with E-state index < -0.39 is 15.8 Å². The van der Waals surface area contributed by atoms with Crippen molar-refractivity contribution in [3.8, 4) is 0 Å². The molecule has 1 saturated heterocycles. The monoisotopic (exact) mass is 353 g/mol. The third-order valence-electron chi connectivity index (χ3n) is 3.50. The Morgan fingerprint density at radius 1 is 1.05 bits per heavy atom. The Kier molecular flexibility index (Phi) is 8.05. The van der Waals surface area contributed by atoms with Gasteiger partial charge in [0.2, 0.25) is 0 Å². The predicted octanol–water partition coefficient (Wildman–Crippen LogP) is 1.70. The van der Waals surface area contributed by atoms with Gasteiger partial charge in [-0.2, -0.15) is 24.4 Å². The summed E-state index contributed by atoms with van der Waals surface area (Å²) in [6.07, 6.45) is 0. The first kappa shape index (κ1) is 19.8. The van der Waals surface area contributed by atoms with Crippen molar-refractivity contribution in [2.75, 3.05) is 50.8 Å². The molecule has 0 radical (unpaired) electrons. The van der Waals surface area contributed by atoms with Crippen LogP contribution in [0.4, 0.5) is 0 Å². The van der Waals surface area contributed by atoms with Gasteiger partial charge in [-0.25, -0.2) is 0 Å². The van der Waals surface area contributed by atoms with E-state index in [0.717, 1.165) is 44.2 Å². The molecule has 1 aliphatic heterocycles. The highest BCUT2D eigenvalue weighted by Gasteiger charge is 2.24. The van der Waals surface area contributed by atoms with Gasteiger partial charge in [-0.05, 0) is 38.8 Å². The van der Waals surface area contributed by atoms with Crippen molar-refractivity contribution in [2.24, 2.45) is 0 Å². The standard InChI is InChI=1S/C14H30N2O2S3/c1-13(2,19)11-15-5-6-16(8-10-20-9-7-15)12-14(3,4)21(17)18/h19H,5-12H2,1-4H3,(H,17,18)/p-1. The van der Waals surface area contributed by atoms with Crippen LogP contribution in [0, 0.1) is 0 Å². The molecule has 0 aromatic heterocycles. The molecule has 1 rings (SSSR count). The Morgan fingerprint density at radius 3 is 1.95 bits per heavy atom. The summed E-state index contributed by atoms with van der Waals surface area (Å²) in [5.74, 6) is 2.20. The van der Waals surface area contributed by atoms with Gasteiger partial charge in [0, 0.05) is 60.3 Å².